The molecule has 0 spiro atoms. The maximum absolute atomic E-state index is 12.5. The maximum atomic E-state index is 12.5. The first-order valence-corrected chi connectivity index (χ1v) is 8.02. The molecule has 0 radical (unpaired) electrons. The van der Waals surface area contributed by atoms with Crippen molar-refractivity contribution < 1.29 is 28.6 Å². The molecule has 1 heterocycles. The summed E-state index contributed by atoms with van der Waals surface area (Å²) in [5, 5.41) is 0. The molecule has 0 bridgehead atoms. The summed E-state index contributed by atoms with van der Waals surface area (Å²) >= 11 is 0. The van der Waals surface area contributed by atoms with Gasteiger partial charge in [-0.25, -0.2) is 4.79 Å². The number of nitrogens with zero attached hydrogens (tertiary/aromatic N) is 1. The Bertz CT molecular complexity index is 634. The Morgan fingerprint density at radius 3 is 2.24 bits per heavy atom. The molecular formula is C18H23NO6. The summed E-state index contributed by atoms with van der Waals surface area (Å²) in [4.78, 5) is 37.9. The largest absolute Gasteiger partial charge is 0.459 e. The van der Waals surface area contributed by atoms with Gasteiger partial charge < -0.3 is 14.2 Å². The molecule has 136 valence electrons. The zero-order valence-corrected chi connectivity index (χ0v) is 14.9. The van der Waals surface area contributed by atoms with Gasteiger partial charge in [-0.3, -0.25) is 14.5 Å². The van der Waals surface area contributed by atoms with Crippen LogP contribution in [-0.2, 0) is 19.0 Å². The molecule has 2 rings (SSSR count). The van der Waals surface area contributed by atoms with Crippen LogP contribution in [0.3, 0.4) is 0 Å². The molecule has 1 aromatic rings. The highest BCUT2D eigenvalue weighted by Crippen LogP contribution is 2.29. The third-order valence-electron chi connectivity index (χ3n) is 3.81. The molecule has 7 nitrogen and oxygen atoms in total. The summed E-state index contributed by atoms with van der Waals surface area (Å²) in [6.45, 7) is 5.20. The molecule has 1 atom stereocenters. The van der Waals surface area contributed by atoms with E-state index in [4.69, 9.17) is 14.2 Å². The zero-order chi connectivity index (χ0) is 18.6. The molecule has 0 aromatic heterocycles. The number of methoxy groups -OCH3 is 1. The van der Waals surface area contributed by atoms with Crippen LogP contribution >= 0.6 is 0 Å². The number of hydrogen-bond acceptors (Lipinski definition) is 6. The van der Waals surface area contributed by atoms with Crippen molar-refractivity contribution in [3.05, 3.63) is 35.4 Å². The summed E-state index contributed by atoms with van der Waals surface area (Å²) in [6, 6.07) is 6.69. The van der Waals surface area contributed by atoms with Crippen LogP contribution in [-0.4, -0.2) is 61.3 Å². The second-order valence-corrected chi connectivity index (χ2v) is 6.55. The molecule has 1 aromatic carbocycles. The van der Waals surface area contributed by atoms with Crippen LogP contribution in [0, 0.1) is 0 Å². The van der Waals surface area contributed by atoms with Crippen molar-refractivity contribution in [1.82, 2.24) is 4.90 Å². The van der Waals surface area contributed by atoms with Crippen LogP contribution in [0.5, 0.6) is 0 Å². The zero-order valence-electron chi connectivity index (χ0n) is 14.9. The van der Waals surface area contributed by atoms with Gasteiger partial charge in [0.2, 0.25) is 0 Å². The van der Waals surface area contributed by atoms with Gasteiger partial charge in [-0.2, -0.15) is 0 Å². The van der Waals surface area contributed by atoms with Gasteiger partial charge in [-0.05, 0) is 32.9 Å². The average molecular weight is 349 g/mol. The molecular weight excluding hydrogens is 326 g/mol. The summed E-state index contributed by atoms with van der Waals surface area (Å²) in [6.07, 6.45) is -0.370. The first-order chi connectivity index (χ1) is 11.8. The van der Waals surface area contributed by atoms with E-state index in [9.17, 15) is 14.4 Å². The first kappa shape index (κ1) is 19.1. The minimum atomic E-state index is -0.897. The number of hydrogen-bond donors (Lipinski definition) is 0. The van der Waals surface area contributed by atoms with Gasteiger partial charge in [-0.1, -0.05) is 12.1 Å². The smallest absolute Gasteiger partial charge is 0.332 e. The standard InChI is InChI=1S/C18H23NO6/c1-12(9-23-4)25-15(20)10-24-11-18(2,3)19-16(21)13-7-5-6-8-14(13)17(19)22/h5-8,12H,9-11H2,1-4H3. The Balaban J connectivity index is 1.93. The van der Waals surface area contributed by atoms with Gasteiger partial charge in [0.25, 0.3) is 11.8 Å². The second kappa shape index (κ2) is 7.76. The van der Waals surface area contributed by atoms with Crippen molar-refractivity contribution in [2.45, 2.75) is 32.4 Å². The maximum Gasteiger partial charge on any atom is 0.332 e. The van der Waals surface area contributed by atoms with E-state index < -0.39 is 11.5 Å². The van der Waals surface area contributed by atoms with E-state index >= 15 is 0 Å². The molecule has 0 saturated heterocycles. The van der Waals surface area contributed by atoms with Crippen molar-refractivity contribution in [3.8, 4) is 0 Å². The van der Waals surface area contributed by atoms with Crippen molar-refractivity contribution in [1.29, 1.82) is 0 Å². The van der Waals surface area contributed by atoms with Crippen molar-refractivity contribution in [3.63, 3.8) is 0 Å². The predicted octanol–water partition coefficient (Wildman–Crippen LogP) is 1.66. The minimum Gasteiger partial charge on any atom is -0.459 e. The van der Waals surface area contributed by atoms with E-state index in [1.807, 2.05) is 0 Å². The van der Waals surface area contributed by atoms with Crippen LogP contribution in [0.1, 0.15) is 41.5 Å². The average Bonchev–Trinajstić information content (AvgIpc) is 2.79. The van der Waals surface area contributed by atoms with E-state index in [0.29, 0.717) is 17.7 Å². The van der Waals surface area contributed by atoms with E-state index in [0.717, 1.165) is 0 Å². The number of fused-ring (bicyclic) bond motifs is 1. The molecule has 2 amide bonds. The normalized spacial score (nSPS) is 15.3. The van der Waals surface area contributed by atoms with Crippen molar-refractivity contribution in [2.75, 3.05) is 26.9 Å². The second-order valence-electron chi connectivity index (χ2n) is 6.55. The quantitative estimate of drug-likeness (QED) is 0.524. The van der Waals surface area contributed by atoms with Crippen LogP contribution in [0.25, 0.3) is 0 Å². The van der Waals surface area contributed by atoms with E-state index in [1.165, 1.54) is 12.0 Å². The number of carbonyl (C=O) groups excluding carboxylic acids is 3. The van der Waals surface area contributed by atoms with E-state index in [2.05, 4.69) is 0 Å². The Labute approximate surface area is 146 Å². The molecule has 1 aliphatic heterocycles. The van der Waals surface area contributed by atoms with Crippen LogP contribution in [0.4, 0.5) is 0 Å². The summed E-state index contributed by atoms with van der Waals surface area (Å²) < 4.78 is 15.4. The number of ether oxygens (including phenoxy) is 3. The molecule has 1 aliphatic rings. The molecule has 0 fully saturated rings. The lowest BCUT2D eigenvalue weighted by molar-refractivity contribution is -0.156. The van der Waals surface area contributed by atoms with Gasteiger partial charge in [-0.15, -0.1) is 0 Å². The van der Waals surface area contributed by atoms with Crippen LogP contribution in [0.15, 0.2) is 24.3 Å². The highest BCUT2D eigenvalue weighted by Gasteiger charge is 2.44. The fourth-order valence-corrected chi connectivity index (χ4v) is 2.71. The number of imide groups is 1. The van der Waals surface area contributed by atoms with Crippen molar-refractivity contribution >= 4 is 17.8 Å². The Morgan fingerprint density at radius 1 is 1.16 bits per heavy atom. The van der Waals surface area contributed by atoms with Crippen LogP contribution in [0.2, 0.25) is 0 Å². The lowest BCUT2D eigenvalue weighted by Gasteiger charge is -2.33. The van der Waals surface area contributed by atoms with Gasteiger partial charge >= 0.3 is 5.97 Å². The molecule has 0 saturated carbocycles. The highest BCUT2D eigenvalue weighted by molar-refractivity contribution is 6.21. The van der Waals surface area contributed by atoms with Gasteiger partial charge in [0.05, 0.1) is 29.9 Å². The number of benzene rings is 1. The fraction of sp³-hybridized carbons (Fsp3) is 0.500. The van der Waals surface area contributed by atoms with Crippen molar-refractivity contribution in [2.24, 2.45) is 0 Å². The number of carbonyl (C=O) groups is 3. The topological polar surface area (TPSA) is 82.1 Å². The molecule has 7 heteroatoms. The van der Waals surface area contributed by atoms with Gasteiger partial charge in [0.1, 0.15) is 12.7 Å². The Hall–Kier alpha value is -2.25. The fourth-order valence-electron chi connectivity index (χ4n) is 2.71. The van der Waals surface area contributed by atoms with E-state index in [1.54, 1.807) is 45.0 Å². The summed E-state index contributed by atoms with van der Waals surface area (Å²) in [7, 11) is 1.52. The third-order valence-corrected chi connectivity index (χ3v) is 3.81. The molecule has 25 heavy (non-hydrogen) atoms. The van der Waals surface area contributed by atoms with E-state index in [-0.39, 0.29) is 31.1 Å². The lowest BCUT2D eigenvalue weighted by Crippen LogP contribution is -2.50. The predicted molar refractivity (Wildman–Crippen MR) is 89.3 cm³/mol. The third kappa shape index (κ3) is 4.24. The SMILES string of the molecule is COCC(C)OC(=O)COCC(C)(C)N1C(=O)c2ccccc2C1=O. The minimum absolute atomic E-state index is 0.0201. The van der Waals surface area contributed by atoms with Gasteiger partial charge in [0.15, 0.2) is 0 Å². The summed E-state index contributed by atoms with van der Waals surface area (Å²) in [5.74, 6) is -1.24. The van der Waals surface area contributed by atoms with Crippen LogP contribution < -0.4 is 0 Å². The number of amides is 2. The molecule has 0 N–H and O–H groups in total. The summed E-state index contributed by atoms with van der Waals surface area (Å²) in [5.41, 5.74) is -0.132. The number of rotatable bonds is 8. The Morgan fingerprint density at radius 2 is 1.72 bits per heavy atom. The highest BCUT2D eigenvalue weighted by atomic mass is 16.6. The first-order valence-electron chi connectivity index (χ1n) is 8.02. The number of esters is 1. The van der Waals surface area contributed by atoms with Gasteiger partial charge in [0, 0.05) is 7.11 Å². The molecule has 1 unspecified atom stereocenters. The monoisotopic (exact) mass is 349 g/mol. The lowest BCUT2D eigenvalue weighted by atomic mass is 10.0. The molecule has 0 aliphatic carbocycles. The Kier molecular flexibility index (Phi) is 5.92.